The molecule has 1 aliphatic heterocycles. The van der Waals surface area contributed by atoms with Gasteiger partial charge in [0.25, 0.3) is 5.91 Å². The Balaban J connectivity index is 1.43. The average molecular weight is 501 g/mol. The second kappa shape index (κ2) is 10.7. The van der Waals surface area contributed by atoms with E-state index in [4.69, 9.17) is 11.6 Å². The molecule has 0 radical (unpaired) electrons. The van der Waals surface area contributed by atoms with Gasteiger partial charge in [0.1, 0.15) is 5.01 Å². The maximum atomic E-state index is 12.9. The van der Waals surface area contributed by atoms with Crippen LogP contribution in [-0.2, 0) is 4.79 Å². The number of halogens is 1. The largest absolute Gasteiger partial charge is 0.312 e. The normalized spacial score (nSPS) is 15.8. The number of carbonyl (C=O) groups is 2. The number of nitrogens with one attached hydrogen (secondary N) is 1. The smallest absolute Gasteiger partial charge is 0.258 e. The number of aryl methyl sites for hydroxylation is 1. The summed E-state index contributed by atoms with van der Waals surface area (Å²) < 4.78 is 0. The van der Waals surface area contributed by atoms with E-state index in [1.54, 1.807) is 16.7 Å². The molecule has 4 rings (SSSR count). The van der Waals surface area contributed by atoms with Crippen LogP contribution in [0, 0.1) is 6.92 Å². The van der Waals surface area contributed by atoms with Crippen molar-refractivity contribution in [2.24, 2.45) is 0 Å². The van der Waals surface area contributed by atoms with Crippen LogP contribution in [0.4, 0.5) is 10.8 Å². The second-order valence-corrected chi connectivity index (χ2v) is 10.5. The Hall–Kier alpha value is -2.42. The van der Waals surface area contributed by atoms with Gasteiger partial charge in [0.15, 0.2) is 0 Å². The molecule has 1 unspecified atom stereocenters. The van der Waals surface area contributed by atoms with E-state index in [1.165, 1.54) is 11.3 Å². The molecule has 1 saturated heterocycles. The molecular weight excluding hydrogens is 476 g/mol. The van der Waals surface area contributed by atoms with Gasteiger partial charge in [-0.15, -0.1) is 22.0 Å². The van der Waals surface area contributed by atoms with Crippen LogP contribution in [0.1, 0.15) is 53.0 Å². The molecule has 3 aromatic rings. The molecule has 0 aliphatic carbocycles. The first-order valence-corrected chi connectivity index (χ1v) is 13.1. The number of rotatable bonds is 8. The number of carbonyl (C=O) groups excluding carboxylic acids is 2. The van der Waals surface area contributed by atoms with Crippen LogP contribution in [0.25, 0.3) is 0 Å². The van der Waals surface area contributed by atoms with Gasteiger partial charge < -0.3 is 4.90 Å². The average Bonchev–Trinajstić information content (AvgIpc) is 3.42. The third kappa shape index (κ3) is 5.57. The van der Waals surface area contributed by atoms with Gasteiger partial charge in [0.05, 0.1) is 5.56 Å². The van der Waals surface area contributed by atoms with Gasteiger partial charge in [-0.3, -0.25) is 14.9 Å². The molecule has 1 fully saturated rings. The molecule has 6 nitrogen and oxygen atoms in total. The summed E-state index contributed by atoms with van der Waals surface area (Å²) in [5.41, 5.74) is 2.39. The van der Waals surface area contributed by atoms with Crippen LogP contribution in [-0.4, -0.2) is 34.3 Å². The number of thioether (sulfide) groups is 1. The Morgan fingerprint density at radius 2 is 2.09 bits per heavy atom. The predicted molar refractivity (Wildman–Crippen MR) is 136 cm³/mol. The fraction of sp³-hybridized carbons (Fsp3) is 0.333. The van der Waals surface area contributed by atoms with Crippen LogP contribution < -0.4 is 10.2 Å². The van der Waals surface area contributed by atoms with E-state index in [-0.39, 0.29) is 17.7 Å². The SMILES string of the molecule is CCCCSc1ccccc1C(=O)Nc1nnc(C2CC(=O)N(c3ccc(C)c(Cl)c3)C2)s1. The molecule has 1 aliphatic rings. The van der Waals surface area contributed by atoms with Crippen LogP contribution >= 0.6 is 34.7 Å². The fourth-order valence-corrected chi connectivity index (χ4v) is 5.74. The van der Waals surface area contributed by atoms with Crippen molar-refractivity contribution >= 4 is 57.3 Å². The van der Waals surface area contributed by atoms with Crippen LogP contribution in [0.5, 0.6) is 0 Å². The maximum absolute atomic E-state index is 12.9. The van der Waals surface area contributed by atoms with Gasteiger partial charge in [-0.2, -0.15) is 0 Å². The minimum Gasteiger partial charge on any atom is -0.312 e. The molecule has 1 aromatic heterocycles. The van der Waals surface area contributed by atoms with Crippen molar-refractivity contribution in [3.8, 4) is 0 Å². The molecule has 2 aromatic carbocycles. The predicted octanol–water partition coefficient (Wildman–Crippen LogP) is 6.16. The zero-order valence-electron chi connectivity index (χ0n) is 18.5. The van der Waals surface area contributed by atoms with Crippen molar-refractivity contribution in [2.45, 2.75) is 43.9 Å². The Morgan fingerprint density at radius 3 is 2.88 bits per heavy atom. The van der Waals surface area contributed by atoms with Crippen molar-refractivity contribution in [3.63, 3.8) is 0 Å². The molecule has 0 saturated carbocycles. The van der Waals surface area contributed by atoms with E-state index < -0.39 is 0 Å². The molecule has 33 heavy (non-hydrogen) atoms. The molecule has 0 spiro atoms. The zero-order valence-corrected chi connectivity index (χ0v) is 20.9. The Morgan fingerprint density at radius 1 is 1.27 bits per heavy atom. The highest BCUT2D eigenvalue weighted by Crippen LogP contribution is 2.35. The summed E-state index contributed by atoms with van der Waals surface area (Å²) >= 11 is 9.25. The van der Waals surface area contributed by atoms with Crippen molar-refractivity contribution in [3.05, 3.63) is 63.6 Å². The molecule has 0 bridgehead atoms. The van der Waals surface area contributed by atoms with E-state index >= 15 is 0 Å². The van der Waals surface area contributed by atoms with Gasteiger partial charge >= 0.3 is 0 Å². The van der Waals surface area contributed by atoms with Gasteiger partial charge in [-0.25, -0.2) is 0 Å². The van der Waals surface area contributed by atoms with Crippen LogP contribution in [0.3, 0.4) is 0 Å². The summed E-state index contributed by atoms with van der Waals surface area (Å²) in [5.74, 6) is 0.731. The Kier molecular flexibility index (Phi) is 7.67. The van der Waals surface area contributed by atoms with Crippen molar-refractivity contribution in [2.75, 3.05) is 22.5 Å². The van der Waals surface area contributed by atoms with E-state index in [2.05, 4.69) is 22.4 Å². The van der Waals surface area contributed by atoms with Crippen LogP contribution in [0.2, 0.25) is 5.02 Å². The quantitative estimate of drug-likeness (QED) is 0.296. The maximum Gasteiger partial charge on any atom is 0.258 e. The van der Waals surface area contributed by atoms with E-state index in [9.17, 15) is 9.59 Å². The standard InChI is InChI=1S/C24H25ClN4O2S2/c1-3-4-11-32-20-8-6-5-7-18(20)22(31)26-24-28-27-23(33-24)16-12-21(30)29(14-16)17-10-9-15(2)19(25)13-17/h5-10,13,16H,3-4,11-12,14H2,1-2H3,(H,26,28,31). The van der Waals surface area contributed by atoms with E-state index in [1.807, 2.05) is 49.4 Å². The van der Waals surface area contributed by atoms with E-state index in [0.29, 0.717) is 28.7 Å². The number of aromatic nitrogens is 2. The molecular formula is C24H25ClN4O2S2. The lowest BCUT2D eigenvalue weighted by Crippen LogP contribution is -2.24. The molecule has 172 valence electrons. The lowest BCUT2D eigenvalue weighted by Gasteiger charge is -2.17. The molecule has 2 amide bonds. The zero-order chi connectivity index (χ0) is 23.4. The number of hydrogen-bond donors (Lipinski definition) is 1. The lowest BCUT2D eigenvalue weighted by molar-refractivity contribution is -0.117. The third-order valence-corrected chi connectivity index (χ3v) is 8.06. The first-order chi connectivity index (χ1) is 16.0. The summed E-state index contributed by atoms with van der Waals surface area (Å²) in [6.07, 6.45) is 2.57. The first kappa shape index (κ1) is 23.7. The fourth-order valence-electron chi connectivity index (χ4n) is 3.59. The highest BCUT2D eigenvalue weighted by Gasteiger charge is 2.34. The Bertz CT molecular complexity index is 1170. The van der Waals surface area contributed by atoms with Crippen molar-refractivity contribution in [1.82, 2.24) is 10.2 Å². The highest BCUT2D eigenvalue weighted by atomic mass is 35.5. The minimum atomic E-state index is -0.198. The topological polar surface area (TPSA) is 75.2 Å². The lowest BCUT2D eigenvalue weighted by atomic mass is 10.1. The monoisotopic (exact) mass is 500 g/mol. The van der Waals surface area contributed by atoms with Gasteiger partial charge in [0, 0.05) is 34.5 Å². The van der Waals surface area contributed by atoms with Crippen molar-refractivity contribution in [1.29, 1.82) is 0 Å². The van der Waals surface area contributed by atoms with Gasteiger partial charge in [-0.1, -0.05) is 54.5 Å². The number of unbranched alkanes of at least 4 members (excludes halogenated alkanes) is 1. The van der Waals surface area contributed by atoms with Crippen LogP contribution in [0.15, 0.2) is 47.4 Å². The number of benzene rings is 2. The summed E-state index contributed by atoms with van der Waals surface area (Å²) in [4.78, 5) is 28.2. The second-order valence-electron chi connectivity index (χ2n) is 7.94. The summed E-state index contributed by atoms with van der Waals surface area (Å²) in [5, 5.41) is 13.1. The van der Waals surface area contributed by atoms with Gasteiger partial charge in [-0.05, 0) is 48.9 Å². The Labute approximate surface area is 206 Å². The summed E-state index contributed by atoms with van der Waals surface area (Å²) in [6.45, 7) is 4.59. The molecule has 1 N–H and O–H groups in total. The van der Waals surface area contributed by atoms with E-state index in [0.717, 1.165) is 39.7 Å². The molecule has 9 heteroatoms. The summed E-state index contributed by atoms with van der Waals surface area (Å²) in [6, 6.07) is 13.2. The number of hydrogen-bond acceptors (Lipinski definition) is 6. The summed E-state index contributed by atoms with van der Waals surface area (Å²) in [7, 11) is 0. The third-order valence-electron chi connectivity index (χ3n) is 5.49. The molecule has 2 heterocycles. The first-order valence-electron chi connectivity index (χ1n) is 10.9. The van der Waals surface area contributed by atoms with Gasteiger partial charge in [0.2, 0.25) is 11.0 Å². The molecule has 1 atom stereocenters. The number of nitrogens with zero attached hydrogens (tertiary/aromatic N) is 3. The number of anilines is 2. The highest BCUT2D eigenvalue weighted by molar-refractivity contribution is 7.99. The van der Waals surface area contributed by atoms with Crippen molar-refractivity contribution < 1.29 is 9.59 Å². The minimum absolute atomic E-state index is 0.0266. The number of amides is 2.